The monoisotopic (exact) mass is 1260 g/mol. The number of nitrogens with zero attached hydrogens (tertiary/aromatic N) is 6. The van der Waals surface area contributed by atoms with Gasteiger partial charge in [-0.3, -0.25) is 4.57 Å². The first-order chi connectivity index (χ1) is 40.8. The molecule has 0 aliphatic carbocycles. The zero-order chi connectivity index (χ0) is 55.1. The predicted octanol–water partition coefficient (Wildman–Crippen LogP) is 18.4. The molecule has 0 amide bonds. The maximum Gasteiger partial charge on any atom is 0.268 e. The van der Waals surface area contributed by atoms with E-state index in [0.717, 1.165) is 117 Å². The molecule has 16 aromatic rings. The van der Waals surface area contributed by atoms with Crippen molar-refractivity contribution >= 4 is 76.5 Å². The molecule has 1 aliphatic rings. The Labute approximate surface area is 499 Å². The van der Waals surface area contributed by atoms with Crippen molar-refractivity contribution in [2.45, 2.75) is 26.2 Å². The number of aromatic nitrogens is 6. The van der Waals surface area contributed by atoms with E-state index in [9.17, 15) is 0 Å². The summed E-state index contributed by atoms with van der Waals surface area (Å²) in [5.41, 5.74) is 20.2. The Balaban J connectivity index is 0.00000577. The summed E-state index contributed by atoms with van der Waals surface area (Å²) in [6, 6.07) is 94.8. The number of hydrogen-bond donors (Lipinski definition) is 0. The third-order valence-corrected chi connectivity index (χ3v) is 17.0. The first kappa shape index (κ1) is 49.7. The third kappa shape index (κ3) is 7.48. The maximum absolute atomic E-state index is 6.85. The van der Waals surface area contributed by atoms with Crippen LogP contribution in [0.4, 0.5) is 0 Å². The zero-order valence-electron chi connectivity index (χ0n) is 46.1. The molecule has 8 heteroatoms. The fourth-order valence-electron chi connectivity index (χ4n) is 13.3. The van der Waals surface area contributed by atoms with Crippen molar-refractivity contribution in [1.29, 1.82) is 0 Å². The molecule has 0 atom stereocenters. The molecule has 17 rings (SSSR count). The topological polar surface area (TPSA) is 45.7 Å². The largest absolute Gasteiger partial charge is 0.510 e. The van der Waals surface area contributed by atoms with Crippen molar-refractivity contribution in [1.82, 2.24) is 23.3 Å². The number of hydrogen-bond acceptors (Lipinski definition) is 2. The SMILES string of the molecule is CC(C)(C)c1ccnc(-n2c3[c-]c(Oc4[c-]c(-n5[c-][n+]6c7c(cccc75)-c5ccccc5-c5ccc(-n7c8ccccc8c8ccccc87)cc5-c5cccc(-n7c8ccccc8c8ccccc87)c5-6)ccc4)ccc3c3ccccc32)c1.[Pt]. The standard InChI is InChI=1S/C76H50N6O.Pt/c1-76(2,3)48-41-42-77-73(43-48)82-69-34-15-10-27-60(69)61-40-38-52(46-72(61)82)83-51-20-16-19-49(44-51)78-47-79-74-62(28-17-35-70(74)78)54-22-5-4-21-53(54)55-39-37-50(80-65-30-11-6-23-56(65)57-24-7-12-31-66(57)80)45-64(55)63-29-18-36-71(75(63)79)81-67-32-13-8-25-58(67)59-26-9-14-33-68(59)81;/h4-43,45H,1-3H3;/q-2;. The Hall–Kier alpha value is -10.1. The second kappa shape index (κ2) is 19.0. The number of imidazole rings is 1. The predicted molar refractivity (Wildman–Crippen MR) is 337 cm³/mol. The van der Waals surface area contributed by atoms with Gasteiger partial charge in [0.1, 0.15) is 5.82 Å². The number of fused-ring (bicyclic) bond motifs is 16. The van der Waals surface area contributed by atoms with Crippen LogP contribution >= 0.6 is 0 Å². The summed E-state index contributed by atoms with van der Waals surface area (Å²) < 4.78 is 18.4. The second-order valence-corrected chi connectivity index (χ2v) is 22.7. The molecule has 0 radical (unpaired) electrons. The number of para-hydroxylation sites is 7. The van der Waals surface area contributed by atoms with Gasteiger partial charge in [0.05, 0.1) is 44.5 Å². The van der Waals surface area contributed by atoms with Gasteiger partial charge < -0.3 is 23.0 Å². The van der Waals surface area contributed by atoms with Gasteiger partial charge in [-0.25, -0.2) is 4.98 Å². The van der Waals surface area contributed by atoms with E-state index in [1.807, 2.05) is 24.4 Å². The van der Waals surface area contributed by atoms with Crippen LogP contribution in [0.25, 0.3) is 138 Å². The summed E-state index contributed by atoms with van der Waals surface area (Å²) in [5.74, 6) is 1.96. The maximum atomic E-state index is 6.85. The van der Waals surface area contributed by atoms with E-state index >= 15 is 0 Å². The second-order valence-electron chi connectivity index (χ2n) is 22.7. The number of pyridine rings is 1. The van der Waals surface area contributed by atoms with E-state index in [2.05, 4.69) is 287 Å². The van der Waals surface area contributed by atoms with Crippen LogP contribution in [0.1, 0.15) is 26.3 Å². The fraction of sp³-hybridized carbons (Fsp3) is 0.0526. The summed E-state index contributed by atoms with van der Waals surface area (Å²) in [6.45, 7) is 6.69. The zero-order valence-corrected chi connectivity index (χ0v) is 48.4. The van der Waals surface area contributed by atoms with Crippen molar-refractivity contribution < 1.29 is 30.4 Å². The van der Waals surface area contributed by atoms with E-state index in [0.29, 0.717) is 11.5 Å². The molecule has 0 saturated heterocycles. The smallest absolute Gasteiger partial charge is 0.268 e. The Kier molecular flexibility index (Phi) is 11.2. The van der Waals surface area contributed by atoms with Crippen molar-refractivity contribution in [2.24, 2.45) is 0 Å². The van der Waals surface area contributed by atoms with Crippen molar-refractivity contribution in [3.05, 3.63) is 273 Å². The molecule has 6 heterocycles. The average molecular weight is 1260 g/mol. The first-order valence-corrected chi connectivity index (χ1v) is 28.3. The minimum absolute atomic E-state index is 0. The van der Waals surface area contributed by atoms with Gasteiger partial charge in [0, 0.05) is 71.5 Å². The summed E-state index contributed by atoms with van der Waals surface area (Å²) >= 11 is 0. The molecule has 1 aliphatic heterocycles. The quantitative estimate of drug-likeness (QED) is 0.123. The van der Waals surface area contributed by atoms with E-state index in [-0.39, 0.29) is 26.5 Å². The van der Waals surface area contributed by atoms with Crippen molar-refractivity contribution in [3.8, 4) is 73.4 Å². The van der Waals surface area contributed by atoms with Crippen LogP contribution in [-0.4, -0.2) is 23.3 Å². The minimum Gasteiger partial charge on any atom is -0.510 e. The van der Waals surface area contributed by atoms with E-state index in [1.54, 1.807) is 0 Å². The Morgan fingerprint density at radius 2 is 0.940 bits per heavy atom. The van der Waals surface area contributed by atoms with Crippen LogP contribution in [0.5, 0.6) is 11.5 Å². The molecule has 0 bridgehead atoms. The van der Waals surface area contributed by atoms with Gasteiger partial charge >= 0.3 is 0 Å². The van der Waals surface area contributed by atoms with E-state index in [4.69, 9.17) is 9.72 Å². The molecule has 0 spiro atoms. The van der Waals surface area contributed by atoms with Crippen LogP contribution in [0.2, 0.25) is 0 Å². The van der Waals surface area contributed by atoms with Gasteiger partial charge in [-0.2, -0.15) is 18.2 Å². The summed E-state index contributed by atoms with van der Waals surface area (Å²) in [7, 11) is 0. The molecular formula is C76H50N6OPt-2. The van der Waals surface area contributed by atoms with Crippen LogP contribution in [0.15, 0.2) is 249 Å². The minimum atomic E-state index is -0.0543. The number of benzene rings is 11. The molecule has 0 N–H and O–H groups in total. The van der Waals surface area contributed by atoms with E-state index in [1.165, 1.54) is 27.1 Å². The summed E-state index contributed by atoms with van der Waals surface area (Å²) in [6.07, 6.45) is 5.94. The summed E-state index contributed by atoms with van der Waals surface area (Å²) in [4.78, 5) is 4.92. The van der Waals surface area contributed by atoms with Gasteiger partial charge in [0.15, 0.2) is 0 Å². The molecule has 5 aromatic heterocycles. The van der Waals surface area contributed by atoms with Crippen LogP contribution in [0.3, 0.4) is 0 Å². The molecule has 84 heavy (non-hydrogen) atoms. The van der Waals surface area contributed by atoms with Gasteiger partial charge in [-0.1, -0.05) is 178 Å². The van der Waals surface area contributed by atoms with Gasteiger partial charge in [0.25, 0.3) is 6.33 Å². The van der Waals surface area contributed by atoms with Gasteiger partial charge in [-0.05, 0) is 116 Å². The molecule has 402 valence electrons. The van der Waals surface area contributed by atoms with Crippen molar-refractivity contribution in [2.75, 3.05) is 0 Å². The summed E-state index contributed by atoms with van der Waals surface area (Å²) in [5, 5.41) is 7.03. The number of rotatable bonds is 6. The number of ether oxygens (including phenoxy) is 1. The molecule has 0 saturated carbocycles. The van der Waals surface area contributed by atoms with Crippen LogP contribution < -0.4 is 9.30 Å². The van der Waals surface area contributed by atoms with Crippen LogP contribution in [-0.2, 0) is 26.5 Å². The Morgan fingerprint density at radius 3 is 1.61 bits per heavy atom. The molecule has 11 aromatic carbocycles. The normalized spacial score (nSPS) is 12.1. The average Bonchev–Trinajstić information content (AvgIpc) is 1.78. The molecular weight excluding hydrogens is 1210 g/mol. The molecule has 7 nitrogen and oxygen atoms in total. The van der Waals surface area contributed by atoms with Crippen LogP contribution in [0, 0.1) is 18.5 Å². The third-order valence-electron chi connectivity index (χ3n) is 17.0. The Morgan fingerprint density at radius 1 is 0.417 bits per heavy atom. The van der Waals surface area contributed by atoms with E-state index < -0.39 is 0 Å². The molecule has 0 unspecified atom stereocenters. The molecule has 0 fully saturated rings. The van der Waals surface area contributed by atoms with Crippen molar-refractivity contribution in [3.63, 3.8) is 0 Å². The Bertz CT molecular complexity index is 5270. The van der Waals surface area contributed by atoms with Gasteiger partial charge in [0.2, 0.25) is 0 Å². The first-order valence-electron chi connectivity index (χ1n) is 28.3. The van der Waals surface area contributed by atoms with Gasteiger partial charge in [-0.15, -0.1) is 29.7 Å². The fourth-order valence-corrected chi connectivity index (χ4v) is 13.3.